The molecule has 110 valence electrons. The summed E-state index contributed by atoms with van der Waals surface area (Å²) in [7, 11) is 0. The number of rotatable bonds is 4. The molecule has 2 heterocycles. The lowest BCUT2D eigenvalue weighted by Crippen LogP contribution is -2.39. The first-order chi connectivity index (χ1) is 10.3. The number of fused-ring (bicyclic) bond motifs is 1. The number of nitro groups is 1. The number of anilines is 1. The molecule has 2 N–H and O–H groups in total. The molecule has 0 radical (unpaired) electrons. The van der Waals surface area contributed by atoms with Gasteiger partial charge in [0.25, 0.3) is 0 Å². The molecule has 0 bridgehead atoms. The molecule has 1 atom stereocenters. The number of pyridine rings is 1. The van der Waals surface area contributed by atoms with Gasteiger partial charge in [-0.05, 0) is 43.7 Å². The van der Waals surface area contributed by atoms with Crippen molar-refractivity contribution < 1.29 is 4.92 Å². The summed E-state index contributed by atoms with van der Waals surface area (Å²) in [5.74, 6) is 0. The van der Waals surface area contributed by atoms with Crippen LogP contribution in [0.4, 0.5) is 11.4 Å². The number of piperidine rings is 1. The van der Waals surface area contributed by atoms with E-state index in [1.54, 1.807) is 24.4 Å². The monoisotopic (exact) mass is 286 g/mol. The third-order valence-corrected chi connectivity index (χ3v) is 3.89. The Morgan fingerprint density at radius 2 is 2.29 bits per heavy atom. The maximum absolute atomic E-state index is 11.4. The van der Waals surface area contributed by atoms with Gasteiger partial charge in [0.05, 0.1) is 15.8 Å². The van der Waals surface area contributed by atoms with E-state index in [1.165, 1.54) is 12.8 Å². The van der Waals surface area contributed by atoms with E-state index >= 15 is 0 Å². The Labute approximate surface area is 122 Å². The Kier molecular flexibility index (Phi) is 3.96. The molecule has 0 spiro atoms. The van der Waals surface area contributed by atoms with E-state index in [9.17, 15) is 10.1 Å². The summed E-state index contributed by atoms with van der Waals surface area (Å²) in [6.07, 6.45) is 5.17. The van der Waals surface area contributed by atoms with Crippen molar-refractivity contribution in [2.24, 2.45) is 0 Å². The van der Waals surface area contributed by atoms with E-state index in [0.717, 1.165) is 13.0 Å². The molecule has 1 aliphatic rings. The highest BCUT2D eigenvalue weighted by Crippen LogP contribution is 2.32. The molecular formula is C15H18N4O2. The standard InChI is InChI=1S/C15H18N4O2/c20-19(21)15-12-5-3-9-17-13(12)6-7-14(15)18-10-11-4-1-2-8-16-11/h3,5-7,9,11,16,18H,1-2,4,8,10H2. The van der Waals surface area contributed by atoms with E-state index in [1.807, 2.05) is 6.07 Å². The van der Waals surface area contributed by atoms with Crippen molar-refractivity contribution in [3.63, 3.8) is 0 Å². The van der Waals surface area contributed by atoms with Crippen LogP contribution in [0.2, 0.25) is 0 Å². The van der Waals surface area contributed by atoms with Crippen molar-refractivity contribution >= 4 is 22.3 Å². The molecule has 2 aromatic rings. The van der Waals surface area contributed by atoms with Crippen molar-refractivity contribution in [1.82, 2.24) is 10.3 Å². The normalized spacial score (nSPS) is 18.6. The molecule has 1 aromatic heterocycles. The molecule has 1 aliphatic heterocycles. The lowest BCUT2D eigenvalue weighted by Gasteiger charge is -2.24. The summed E-state index contributed by atoms with van der Waals surface area (Å²) in [5, 5.41) is 18.6. The lowest BCUT2D eigenvalue weighted by molar-refractivity contribution is -0.382. The molecule has 1 aromatic carbocycles. The summed E-state index contributed by atoms with van der Waals surface area (Å²) in [6.45, 7) is 1.72. The summed E-state index contributed by atoms with van der Waals surface area (Å²) in [6, 6.07) is 7.41. The molecule has 3 rings (SSSR count). The Bertz CT molecular complexity index is 653. The van der Waals surface area contributed by atoms with Crippen LogP contribution in [0.5, 0.6) is 0 Å². The number of aromatic nitrogens is 1. The van der Waals surface area contributed by atoms with E-state index < -0.39 is 0 Å². The predicted octanol–water partition coefficient (Wildman–Crippen LogP) is 2.70. The van der Waals surface area contributed by atoms with Gasteiger partial charge in [-0.25, -0.2) is 0 Å². The average Bonchev–Trinajstić information content (AvgIpc) is 2.53. The van der Waals surface area contributed by atoms with Crippen LogP contribution < -0.4 is 10.6 Å². The number of hydrogen-bond acceptors (Lipinski definition) is 5. The van der Waals surface area contributed by atoms with Crippen molar-refractivity contribution in [3.8, 4) is 0 Å². The first kappa shape index (κ1) is 13.8. The van der Waals surface area contributed by atoms with Gasteiger partial charge < -0.3 is 10.6 Å². The maximum atomic E-state index is 11.4. The van der Waals surface area contributed by atoms with Gasteiger partial charge in [0.15, 0.2) is 0 Å². The second kappa shape index (κ2) is 6.05. The average molecular weight is 286 g/mol. The largest absolute Gasteiger partial charge is 0.378 e. The molecule has 0 aliphatic carbocycles. The Morgan fingerprint density at radius 3 is 3.05 bits per heavy atom. The van der Waals surface area contributed by atoms with E-state index in [-0.39, 0.29) is 10.6 Å². The van der Waals surface area contributed by atoms with Crippen LogP contribution in [0.15, 0.2) is 30.5 Å². The molecule has 6 heteroatoms. The van der Waals surface area contributed by atoms with Crippen LogP contribution in [0.25, 0.3) is 10.9 Å². The minimum absolute atomic E-state index is 0.108. The molecule has 1 unspecified atom stereocenters. The Hall–Kier alpha value is -2.21. The van der Waals surface area contributed by atoms with Gasteiger partial charge in [0.1, 0.15) is 5.69 Å². The fourth-order valence-corrected chi connectivity index (χ4v) is 2.81. The van der Waals surface area contributed by atoms with E-state index in [4.69, 9.17) is 0 Å². The number of nitrogens with zero attached hydrogens (tertiary/aromatic N) is 2. The molecule has 1 fully saturated rings. The van der Waals surface area contributed by atoms with E-state index in [0.29, 0.717) is 29.2 Å². The van der Waals surface area contributed by atoms with Crippen molar-refractivity contribution in [2.45, 2.75) is 25.3 Å². The molecule has 0 amide bonds. The number of benzene rings is 1. The summed E-state index contributed by atoms with van der Waals surface area (Å²) in [4.78, 5) is 15.2. The highest BCUT2D eigenvalue weighted by Gasteiger charge is 2.20. The Morgan fingerprint density at radius 1 is 1.38 bits per heavy atom. The van der Waals surface area contributed by atoms with Crippen molar-refractivity contribution in [1.29, 1.82) is 0 Å². The van der Waals surface area contributed by atoms with Crippen LogP contribution in [-0.4, -0.2) is 29.0 Å². The van der Waals surface area contributed by atoms with Gasteiger partial charge in [-0.1, -0.05) is 6.42 Å². The molecule has 1 saturated heterocycles. The molecular weight excluding hydrogens is 268 g/mol. The van der Waals surface area contributed by atoms with Crippen molar-refractivity contribution in [3.05, 3.63) is 40.6 Å². The molecule has 21 heavy (non-hydrogen) atoms. The predicted molar refractivity (Wildman–Crippen MR) is 82.5 cm³/mol. The van der Waals surface area contributed by atoms with Crippen molar-refractivity contribution in [2.75, 3.05) is 18.4 Å². The molecule has 0 saturated carbocycles. The van der Waals surface area contributed by atoms with E-state index in [2.05, 4.69) is 15.6 Å². The van der Waals surface area contributed by atoms with Gasteiger partial charge in [-0.15, -0.1) is 0 Å². The number of nitrogens with one attached hydrogen (secondary N) is 2. The first-order valence-electron chi connectivity index (χ1n) is 7.25. The second-order valence-electron chi connectivity index (χ2n) is 5.32. The van der Waals surface area contributed by atoms with Gasteiger partial charge in [0, 0.05) is 18.8 Å². The highest BCUT2D eigenvalue weighted by molar-refractivity contribution is 5.94. The molecule has 6 nitrogen and oxygen atoms in total. The number of hydrogen-bond donors (Lipinski definition) is 2. The SMILES string of the molecule is O=[N+]([O-])c1c(NCC2CCCCN2)ccc2ncccc12. The summed E-state index contributed by atoms with van der Waals surface area (Å²) < 4.78 is 0. The zero-order chi connectivity index (χ0) is 14.7. The highest BCUT2D eigenvalue weighted by atomic mass is 16.6. The number of nitro benzene ring substituents is 1. The van der Waals surface area contributed by atoms with Crippen LogP contribution in [-0.2, 0) is 0 Å². The van der Waals surface area contributed by atoms with Gasteiger partial charge in [0.2, 0.25) is 0 Å². The minimum atomic E-state index is -0.333. The van der Waals surface area contributed by atoms with Gasteiger partial charge in [-0.3, -0.25) is 15.1 Å². The van der Waals surface area contributed by atoms with Crippen LogP contribution >= 0.6 is 0 Å². The quantitative estimate of drug-likeness (QED) is 0.667. The summed E-state index contributed by atoms with van der Waals surface area (Å²) in [5.41, 5.74) is 1.31. The zero-order valence-electron chi connectivity index (χ0n) is 11.7. The fourth-order valence-electron chi connectivity index (χ4n) is 2.81. The smallest absolute Gasteiger partial charge is 0.301 e. The lowest BCUT2D eigenvalue weighted by atomic mass is 10.0. The first-order valence-corrected chi connectivity index (χ1v) is 7.25. The zero-order valence-corrected chi connectivity index (χ0v) is 11.7. The summed E-state index contributed by atoms with van der Waals surface area (Å²) >= 11 is 0. The van der Waals surface area contributed by atoms with Gasteiger partial charge >= 0.3 is 5.69 Å². The Balaban J connectivity index is 1.87. The minimum Gasteiger partial charge on any atom is -0.378 e. The van der Waals surface area contributed by atoms with Crippen LogP contribution in [0.3, 0.4) is 0 Å². The third kappa shape index (κ3) is 2.95. The fraction of sp³-hybridized carbons (Fsp3) is 0.400. The van der Waals surface area contributed by atoms with Crippen LogP contribution in [0, 0.1) is 10.1 Å². The van der Waals surface area contributed by atoms with Crippen LogP contribution in [0.1, 0.15) is 19.3 Å². The third-order valence-electron chi connectivity index (χ3n) is 3.89. The maximum Gasteiger partial charge on any atom is 0.301 e. The topological polar surface area (TPSA) is 80.1 Å². The van der Waals surface area contributed by atoms with Gasteiger partial charge in [-0.2, -0.15) is 0 Å². The second-order valence-corrected chi connectivity index (χ2v) is 5.32.